The van der Waals surface area contributed by atoms with Crippen molar-refractivity contribution in [2.24, 2.45) is 5.73 Å². The van der Waals surface area contributed by atoms with Crippen LogP contribution in [-0.2, 0) is 32.7 Å². The second-order valence-electron chi connectivity index (χ2n) is 14.1. The van der Waals surface area contributed by atoms with Gasteiger partial charge in [0.2, 0.25) is 0 Å². The van der Waals surface area contributed by atoms with Crippen LogP contribution in [0.25, 0.3) is 0 Å². The van der Waals surface area contributed by atoms with Gasteiger partial charge < -0.3 is 25.2 Å². The van der Waals surface area contributed by atoms with E-state index in [2.05, 4.69) is 38.2 Å². The van der Waals surface area contributed by atoms with Crippen LogP contribution in [0.3, 0.4) is 0 Å². The summed E-state index contributed by atoms with van der Waals surface area (Å²) in [5.41, 5.74) is 5.35. The summed E-state index contributed by atoms with van der Waals surface area (Å²) in [5, 5.41) is 8.88. The number of carboxylic acids is 1. The Morgan fingerprint density at radius 3 is 1.62 bits per heavy atom. The van der Waals surface area contributed by atoms with Crippen LogP contribution in [0.5, 0.6) is 0 Å². The molecule has 0 radical (unpaired) electrons. The first kappa shape index (κ1) is 50.5. The van der Waals surface area contributed by atoms with Gasteiger partial charge in [0.1, 0.15) is 12.1 Å². The first-order valence-electron chi connectivity index (χ1n) is 20.9. The summed E-state index contributed by atoms with van der Waals surface area (Å²) in [7, 11) is -4.61. The molecule has 0 spiro atoms. The summed E-state index contributed by atoms with van der Waals surface area (Å²) in [6.45, 7) is 3.83. The molecule has 0 aromatic carbocycles. The molecule has 0 rings (SSSR count). The number of ether oxygens (including phenoxy) is 2. The number of aliphatic carboxylic acids is 1. The predicted molar refractivity (Wildman–Crippen MR) is 212 cm³/mol. The van der Waals surface area contributed by atoms with Gasteiger partial charge in [-0.1, -0.05) is 167 Å². The van der Waals surface area contributed by atoms with Crippen molar-refractivity contribution in [1.29, 1.82) is 0 Å². The van der Waals surface area contributed by atoms with Crippen molar-refractivity contribution >= 4 is 19.8 Å². The SMILES string of the molecule is CCCC/C=C\C/C=C\CCCCCCCCOCC(COP(=O)(O)OCC(N)C(=O)O)OC(=O)CCCCCCCCCCCCCCCCC. The van der Waals surface area contributed by atoms with E-state index in [9.17, 15) is 19.0 Å². The predicted octanol–water partition coefficient (Wildman–Crippen LogP) is 11.1. The Bertz CT molecular complexity index is 930. The lowest BCUT2D eigenvalue weighted by atomic mass is 10.0. The molecule has 52 heavy (non-hydrogen) atoms. The quantitative estimate of drug-likeness (QED) is 0.0238. The molecule has 0 saturated heterocycles. The van der Waals surface area contributed by atoms with Crippen LogP contribution in [-0.4, -0.2) is 60.5 Å². The Balaban J connectivity index is 4.26. The van der Waals surface area contributed by atoms with Gasteiger partial charge in [-0.15, -0.1) is 0 Å². The van der Waals surface area contributed by atoms with E-state index in [4.69, 9.17) is 29.4 Å². The van der Waals surface area contributed by atoms with E-state index in [0.29, 0.717) is 13.0 Å². The minimum absolute atomic E-state index is 0.0133. The lowest BCUT2D eigenvalue weighted by molar-refractivity contribution is -0.154. The number of allylic oxidation sites excluding steroid dienone is 4. The molecular weight excluding hydrogens is 681 g/mol. The average molecular weight is 760 g/mol. The van der Waals surface area contributed by atoms with Crippen LogP contribution < -0.4 is 5.73 Å². The van der Waals surface area contributed by atoms with Gasteiger partial charge in [0, 0.05) is 13.0 Å². The number of nitrogens with two attached hydrogens (primary N) is 1. The first-order valence-corrected chi connectivity index (χ1v) is 22.4. The Morgan fingerprint density at radius 1 is 0.615 bits per heavy atom. The monoisotopic (exact) mass is 760 g/mol. The fourth-order valence-corrected chi connectivity index (χ4v) is 6.46. The molecular formula is C41H78NO9P. The van der Waals surface area contributed by atoms with Crippen molar-refractivity contribution in [2.75, 3.05) is 26.4 Å². The molecule has 0 aliphatic carbocycles. The van der Waals surface area contributed by atoms with E-state index in [0.717, 1.165) is 44.9 Å². The van der Waals surface area contributed by atoms with Crippen molar-refractivity contribution in [1.82, 2.24) is 0 Å². The third kappa shape index (κ3) is 36.8. The van der Waals surface area contributed by atoms with Gasteiger partial charge in [0.25, 0.3) is 0 Å². The first-order chi connectivity index (χ1) is 25.2. The van der Waals surface area contributed by atoms with Gasteiger partial charge in [-0.25, -0.2) is 4.57 Å². The smallest absolute Gasteiger partial charge is 0.472 e. The fourth-order valence-electron chi connectivity index (χ4n) is 5.68. The Morgan fingerprint density at radius 2 is 1.08 bits per heavy atom. The summed E-state index contributed by atoms with van der Waals surface area (Å²) in [6, 6.07) is -1.47. The van der Waals surface area contributed by atoms with Crippen molar-refractivity contribution in [3.63, 3.8) is 0 Å². The number of carboxylic acid groups (broad SMARTS) is 1. The minimum Gasteiger partial charge on any atom is -0.480 e. The zero-order valence-corrected chi connectivity index (χ0v) is 34.1. The molecule has 0 fully saturated rings. The molecule has 0 amide bonds. The van der Waals surface area contributed by atoms with Crippen LogP contribution in [0.15, 0.2) is 24.3 Å². The third-order valence-corrected chi connectivity index (χ3v) is 9.93. The highest BCUT2D eigenvalue weighted by molar-refractivity contribution is 7.47. The van der Waals surface area contributed by atoms with Crippen LogP contribution >= 0.6 is 7.82 Å². The van der Waals surface area contributed by atoms with Crippen LogP contribution in [0, 0.1) is 0 Å². The van der Waals surface area contributed by atoms with Gasteiger partial charge in [0.15, 0.2) is 0 Å². The molecule has 0 heterocycles. The number of carbonyl (C=O) groups is 2. The maximum absolute atomic E-state index is 12.6. The largest absolute Gasteiger partial charge is 0.480 e. The summed E-state index contributed by atoms with van der Waals surface area (Å²) < 4.78 is 33.3. The Hall–Kier alpha value is -1.55. The van der Waals surface area contributed by atoms with Crippen molar-refractivity contribution < 1.29 is 42.7 Å². The molecule has 0 aromatic rings. The summed E-state index contributed by atoms with van der Waals surface area (Å²) >= 11 is 0. The Labute approximate surface area is 317 Å². The van der Waals surface area contributed by atoms with Crippen molar-refractivity contribution in [3.05, 3.63) is 24.3 Å². The molecule has 0 bridgehead atoms. The number of hydrogen-bond donors (Lipinski definition) is 3. The topological polar surface area (TPSA) is 155 Å². The van der Waals surface area contributed by atoms with Crippen molar-refractivity contribution in [2.45, 2.75) is 199 Å². The molecule has 3 unspecified atom stereocenters. The van der Waals surface area contributed by atoms with Crippen molar-refractivity contribution in [3.8, 4) is 0 Å². The highest BCUT2D eigenvalue weighted by Crippen LogP contribution is 2.43. The van der Waals surface area contributed by atoms with E-state index in [1.54, 1.807) is 0 Å². The molecule has 0 saturated carbocycles. The second kappa shape index (κ2) is 37.8. The zero-order chi connectivity index (χ0) is 38.4. The number of rotatable bonds is 40. The molecule has 4 N–H and O–H groups in total. The molecule has 0 aromatic heterocycles. The maximum Gasteiger partial charge on any atom is 0.472 e. The molecule has 306 valence electrons. The maximum atomic E-state index is 12.6. The van der Waals surface area contributed by atoms with E-state index in [1.807, 2.05) is 0 Å². The van der Waals surface area contributed by atoms with E-state index in [-0.39, 0.29) is 13.0 Å². The summed E-state index contributed by atoms with van der Waals surface area (Å²) in [4.78, 5) is 33.5. The Kier molecular flexibility index (Phi) is 36.6. The highest BCUT2D eigenvalue weighted by Gasteiger charge is 2.27. The average Bonchev–Trinajstić information content (AvgIpc) is 3.12. The van der Waals surface area contributed by atoms with Gasteiger partial charge in [-0.3, -0.25) is 18.6 Å². The summed E-state index contributed by atoms with van der Waals surface area (Å²) in [6.07, 6.45) is 39.4. The molecule has 11 heteroatoms. The lowest BCUT2D eigenvalue weighted by Crippen LogP contribution is -2.34. The van der Waals surface area contributed by atoms with Crippen LogP contribution in [0.2, 0.25) is 0 Å². The van der Waals surface area contributed by atoms with Gasteiger partial charge in [-0.2, -0.15) is 0 Å². The number of phosphoric ester groups is 1. The number of carbonyl (C=O) groups excluding carboxylic acids is 1. The number of unbranched alkanes of at least 4 members (excludes halogenated alkanes) is 22. The number of esters is 1. The zero-order valence-electron chi connectivity index (χ0n) is 33.2. The van der Waals surface area contributed by atoms with E-state index < -0.39 is 45.1 Å². The van der Waals surface area contributed by atoms with Crippen LogP contribution in [0.4, 0.5) is 0 Å². The van der Waals surface area contributed by atoms with Gasteiger partial charge >= 0.3 is 19.8 Å². The fraction of sp³-hybridized carbons (Fsp3) is 0.854. The van der Waals surface area contributed by atoms with Crippen LogP contribution in [0.1, 0.15) is 187 Å². The lowest BCUT2D eigenvalue weighted by Gasteiger charge is -2.20. The molecule has 0 aliphatic rings. The van der Waals surface area contributed by atoms with Gasteiger partial charge in [0.05, 0.1) is 19.8 Å². The number of phosphoric acid groups is 1. The summed E-state index contributed by atoms with van der Waals surface area (Å²) in [5.74, 6) is -1.78. The normalized spacial score (nSPS) is 14.2. The third-order valence-electron chi connectivity index (χ3n) is 8.98. The second-order valence-corrected chi connectivity index (χ2v) is 15.6. The highest BCUT2D eigenvalue weighted by atomic mass is 31.2. The number of hydrogen-bond acceptors (Lipinski definition) is 8. The minimum atomic E-state index is -4.61. The standard InChI is InChI=1S/C41H78NO9P/c1-3-5-7-9-11-13-15-17-19-21-23-25-27-29-31-33-40(43)51-38(36-49-52(46,47)50-37-39(42)41(44)45)35-48-34-32-30-28-26-24-22-20-18-16-14-12-10-8-6-4-2/h10,12,16,18,38-39H,3-9,11,13-15,17,19-37,42H2,1-2H3,(H,44,45)(H,46,47)/b12-10-,18-16-. The molecule has 0 aliphatic heterocycles. The van der Waals surface area contributed by atoms with E-state index in [1.165, 1.54) is 116 Å². The molecule has 10 nitrogen and oxygen atoms in total. The van der Waals surface area contributed by atoms with E-state index >= 15 is 0 Å². The molecule has 3 atom stereocenters. The van der Waals surface area contributed by atoms with Gasteiger partial charge in [-0.05, 0) is 38.5 Å².